The first-order chi connectivity index (χ1) is 17.9. The zero-order chi connectivity index (χ0) is 25.9. The van der Waals surface area contributed by atoms with Gasteiger partial charge in [0.1, 0.15) is 17.0 Å². The van der Waals surface area contributed by atoms with E-state index in [1.807, 2.05) is 30.3 Å². The fourth-order valence-corrected chi connectivity index (χ4v) is 4.53. The first-order valence-corrected chi connectivity index (χ1v) is 11.9. The topological polar surface area (TPSA) is 156 Å². The van der Waals surface area contributed by atoms with Crippen molar-refractivity contribution < 1.29 is 9.21 Å². The summed E-state index contributed by atoms with van der Waals surface area (Å²) in [5, 5.41) is 5.45. The second-order valence-corrected chi connectivity index (χ2v) is 8.92. The summed E-state index contributed by atoms with van der Waals surface area (Å²) >= 11 is 0. The highest BCUT2D eigenvalue weighted by atomic mass is 16.3. The summed E-state index contributed by atoms with van der Waals surface area (Å²) < 4.78 is 5.86. The molecule has 6 N–H and O–H groups in total. The summed E-state index contributed by atoms with van der Waals surface area (Å²) in [5.41, 5.74) is 16.1. The van der Waals surface area contributed by atoms with E-state index in [0.29, 0.717) is 65.9 Å². The molecule has 4 aromatic rings. The van der Waals surface area contributed by atoms with Crippen molar-refractivity contribution in [2.45, 2.75) is 6.04 Å². The average Bonchev–Trinajstić information content (AvgIpc) is 3.32. The largest absolute Gasteiger partial charge is 0.436 e. The average molecular weight is 500 g/mol. The normalized spacial score (nSPS) is 15.6. The first-order valence-electron chi connectivity index (χ1n) is 11.9. The fraction of sp³-hybridized carbons (Fsp3) is 0.231. The van der Waals surface area contributed by atoms with Crippen LogP contribution >= 0.6 is 0 Å². The van der Waals surface area contributed by atoms with Crippen molar-refractivity contribution in [2.75, 3.05) is 39.0 Å². The van der Waals surface area contributed by atoms with Crippen LogP contribution in [0.3, 0.4) is 0 Å². The third-order valence-corrected chi connectivity index (χ3v) is 6.27. The number of hydrazone groups is 1. The third kappa shape index (κ3) is 5.22. The number of amides is 1. The van der Waals surface area contributed by atoms with E-state index in [0.717, 1.165) is 5.56 Å². The summed E-state index contributed by atoms with van der Waals surface area (Å²) in [4.78, 5) is 26.2. The van der Waals surface area contributed by atoms with Crippen LogP contribution in [0.25, 0.3) is 22.6 Å². The SMILES string of the molecule is CN(N)/N=C(\N)C(c1ccccc1)N1CCN(C(=O)c2cc(-c3nc4cc(N)ccc4o3)ccn2)CC1. The number of nitrogen functional groups attached to an aromatic ring is 1. The van der Waals surface area contributed by atoms with Crippen molar-refractivity contribution in [3.8, 4) is 11.5 Å². The molecule has 1 aliphatic heterocycles. The van der Waals surface area contributed by atoms with Crippen molar-refractivity contribution in [2.24, 2.45) is 16.7 Å². The molecule has 1 saturated heterocycles. The van der Waals surface area contributed by atoms with Crippen molar-refractivity contribution in [3.05, 3.63) is 78.1 Å². The molecule has 11 heteroatoms. The van der Waals surface area contributed by atoms with Crippen LogP contribution in [0.2, 0.25) is 0 Å². The zero-order valence-electron chi connectivity index (χ0n) is 20.5. The van der Waals surface area contributed by atoms with Gasteiger partial charge in [-0.15, -0.1) is 5.10 Å². The summed E-state index contributed by atoms with van der Waals surface area (Å²) in [6, 6.07) is 18.4. The summed E-state index contributed by atoms with van der Waals surface area (Å²) in [7, 11) is 1.63. The molecule has 1 atom stereocenters. The van der Waals surface area contributed by atoms with Crippen LogP contribution in [0.5, 0.6) is 0 Å². The van der Waals surface area contributed by atoms with Gasteiger partial charge in [0, 0.05) is 50.7 Å². The molecule has 1 fully saturated rings. The van der Waals surface area contributed by atoms with E-state index in [-0.39, 0.29) is 11.9 Å². The van der Waals surface area contributed by atoms with Gasteiger partial charge in [-0.2, -0.15) is 0 Å². The van der Waals surface area contributed by atoms with Gasteiger partial charge in [0.2, 0.25) is 5.89 Å². The molecule has 3 heterocycles. The number of amidine groups is 1. The van der Waals surface area contributed by atoms with Crippen molar-refractivity contribution >= 4 is 28.5 Å². The lowest BCUT2D eigenvalue weighted by Crippen LogP contribution is -2.52. The number of hydrogen-bond donors (Lipinski definition) is 3. The third-order valence-electron chi connectivity index (χ3n) is 6.27. The van der Waals surface area contributed by atoms with Gasteiger partial charge in [0.25, 0.3) is 5.91 Å². The monoisotopic (exact) mass is 499 g/mol. The number of piperazine rings is 1. The minimum Gasteiger partial charge on any atom is -0.436 e. The molecular weight excluding hydrogens is 470 g/mol. The number of nitrogens with zero attached hydrogens (tertiary/aromatic N) is 6. The molecule has 1 aliphatic rings. The number of carbonyl (C=O) groups is 1. The molecule has 0 bridgehead atoms. The van der Waals surface area contributed by atoms with Gasteiger partial charge in [-0.25, -0.2) is 15.9 Å². The van der Waals surface area contributed by atoms with Gasteiger partial charge in [0.15, 0.2) is 5.58 Å². The number of carbonyl (C=O) groups excluding carboxylic acids is 1. The van der Waals surface area contributed by atoms with E-state index >= 15 is 0 Å². The minimum atomic E-state index is -0.251. The lowest BCUT2D eigenvalue weighted by Gasteiger charge is -2.39. The van der Waals surface area contributed by atoms with Crippen LogP contribution in [-0.4, -0.2) is 69.9 Å². The Balaban J connectivity index is 1.31. The highest BCUT2D eigenvalue weighted by Gasteiger charge is 2.30. The number of aromatic nitrogens is 2. The Hall–Kier alpha value is -4.48. The standard InChI is InChI=1S/C26H29N9O2/c1-33(29)32-24(28)23(17-5-3-2-4-6-17)34-11-13-35(14-12-34)26(36)21-15-18(9-10-30-21)25-31-20-16-19(27)7-8-22(20)37-25/h2-10,15-16,23H,11-14,27,29H2,1H3,(H2,28,32). The molecule has 1 amide bonds. The Morgan fingerprint density at radius 1 is 1.08 bits per heavy atom. The van der Waals surface area contributed by atoms with Gasteiger partial charge >= 0.3 is 0 Å². The zero-order valence-corrected chi connectivity index (χ0v) is 20.5. The Morgan fingerprint density at radius 2 is 1.84 bits per heavy atom. The van der Waals surface area contributed by atoms with Gasteiger partial charge in [-0.05, 0) is 35.9 Å². The van der Waals surface area contributed by atoms with Crippen LogP contribution in [0.1, 0.15) is 22.1 Å². The highest BCUT2D eigenvalue weighted by Crippen LogP contribution is 2.27. The molecule has 37 heavy (non-hydrogen) atoms. The number of fused-ring (bicyclic) bond motifs is 1. The molecule has 0 aliphatic carbocycles. The number of nitrogens with two attached hydrogens (primary N) is 3. The van der Waals surface area contributed by atoms with E-state index in [4.69, 9.17) is 21.7 Å². The number of hydrogen-bond acceptors (Lipinski definition) is 9. The first kappa shape index (κ1) is 24.2. The summed E-state index contributed by atoms with van der Waals surface area (Å²) in [6.07, 6.45) is 1.59. The second kappa shape index (κ2) is 10.2. The van der Waals surface area contributed by atoms with Gasteiger partial charge in [-0.3, -0.25) is 14.7 Å². The lowest BCUT2D eigenvalue weighted by molar-refractivity contribution is 0.0605. The number of benzene rings is 2. The lowest BCUT2D eigenvalue weighted by atomic mass is 10.0. The predicted octanol–water partition coefficient (Wildman–Crippen LogP) is 2.05. The van der Waals surface area contributed by atoms with E-state index in [2.05, 4.69) is 20.0 Å². The molecule has 0 saturated carbocycles. The molecule has 2 aromatic carbocycles. The molecule has 1 unspecified atom stereocenters. The minimum absolute atomic E-state index is 0.151. The van der Waals surface area contributed by atoms with Crippen LogP contribution in [0, 0.1) is 0 Å². The summed E-state index contributed by atoms with van der Waals surface area (Å²) in [5.74, 6) is 6.37. The van der Waals surface area contributed by atoms with Crippen LogP contribution < -0.4 is 17.3 Å². The fourth-order valence-electron chi connectivity index (χ4n) is 4.53. The smallest absolute Gasteiger partial charge is 0.272 e. The molecule has 5 rings (SSSR count). The Labute approximate surface area is 214 Å². The number of oxazole rings is 1. The highest BCUT2D eigenvalue weighted by molar-refractivity contribution is 5.93. The van der Waals surface area contributed by atoms with Crippen molar-refractivity contribution in [3.63, 3.8) is 0 Å². The van der Waals surface area contributed by atoms with Gasteiger partial charge in [0.05, 0.1) is 6.04 Å². The van der Waals surface area contributed by atoms with E-state index in [1.165, 1.54) is 5.12 Å². The maximum Gasteiger partial charge on any atom is 0.272 e. The van der Waals surface area contributed by atoms with Crippen LogP contribution in [-0.2, 0) is 0 Å². The summed E-state index contributed by atoms with van der Waals surface area (Å²) in [6.45, 7) is 2.26. The van der Waals surface area contributed by atoms with Crippen LogP contribution in [0.4, 0.5) is 5.69 Å². The van der Waals surface area contributed by atoms with E-state index in [1.54, 1.807) is 48.5 Å². The second-order valence-electron chi connectivity index (χ2n) is 8.92. The van der Waals surface area contributed by atoms with Gasteiger partial charge in [-0.1, -0.05) is 30.3 Å². The Morgan fingerprint density at radius 3 is 2.57 bits per heavy atom. The van der Waals surface area contributed by atoms with E-state index in [9.17, 15) is 4.79 Å². The maximum absolute atomic E-state index is 13.3. The van der Waals surface area contributed by atoms with Gasteiger partial charge < -0.3 is 20.8 Å². The molecule has 2 aromatic heterocycles. The maximum atomic E-state index is 13.3. The quantitative estimate of drug-likeness (QED) is 0.119. The van der Waals surface area contributed by atoms with Crippen molar-refractivity contribution in [1.82, 2.24) is 24.9 Å². The molecule has 190 valence electrons. The number of pyridine rings is 1. The van der Waals surface area contributed by atoms with Crippen molar-refractivity contribution in [1.29, 1.82) is 0 Å². The number of anilines is 1. The number of rotatable bonds is 6. The molecule has 0 spiro atoms. The Bertz CT molecular complexity index is 1430. The molecular formula is C26H29N9O2. The Kier molecular flexibility index (Phi) is 6.71. The predicted molar refractivity (Wildman–Crippen MR) is 142 cm³/mol. The molecule has 0 radical (unpaired) electrons. The van der Waals surface area contributed by atoms with E-state index < -0.39 is 0 Å². The molecule has 11 nitrogen and oxygen atoms in total. The van der Waals surface area contributed by atoms with Crippen LogP contribution in [0.15, 0.2) is 76.4 Å². The number of hydrazine groups is 1.